The molecule has 2 N–H and O–H groups in total. The molecule has 0 radical (unpaired) electrons. The highest BCUT2D eigenvalue weighted by Gasteiger charge is 2.16. The third kappa shape index (κ3) is 3.13. The van der Waals surface area contributed by atoms with Gasteiger partial charge >= 0.3 is 0 Å². The summed E-state index contributed by atoms with van der Waals surface area (Å²) >= 11 is 0. The van der Waals surface area contributed by atoms with Crippen LogP contribution in [0.15, 0.2) is 47.4 Å². The van der Waals surface area contributed by atoms with Crippen molar-refractivity contribution in [1.29, 1.82) is 0 Å². The fraction of sp³-hybridized carbons (Fsp3) is 0.133. The van der Waals surface area contributed by atoms with Gasteiger partial charge in [0.2, 0.25) is 16.8 Å². The first-order valence-electron chi connectivity index (χ1n) is 6.74. The molecule has 7 nitrogen and oxygen atoms in total. The fourth-order valence-corrected chi connectivity index (χ4v) is 2.88. The molecule has 0 saturated heterocycles. The summed E-state index contributed by atoms with van der Waals surface area (Å²) in [6, 6.07) is 10.8. The van der Waals surface area contributed by atoms with Crippen molar-refractivity contribution in [3.63, 3.8) is 0 Å². The molecule has 1 aliphatic rings. The molecule has 0 aromatic heterocycles. The predicted octanol–water partition coefficient (Wildman–Crippen LogP) is 1.58. The molecular weight excluding hydrogens is 320 g/mol. The first-order valence-corrected chi connectivity index (χ1v) is 8.22. The van der Waals surface area contributed by atoms with E-state index in [0.717, 1.165) is 0 Å². The van der Waals surface area contributed by atoms with Crippen molar-refractivity contribution >= 4 is 21.6 Å². The van der Waals surface area contributed by atoms with E-state index in [2.05, 4.69) is 10.0 Å². The molecule has 0 bridgehead atoms. The molecule has 1 aliphatic heterocycles. The molecule has 23 heavy (non-hydrogen) atoms. The minimum Gasteiger partial charge on any atom is -0.454 e. The molecule has 8 heteroatoms. The SMILES string of the molecule is CNS(=O)(=O)c1cccc(C(=O)Nc2ccc3c(c2)OCO3)c1. The molecule has 0 aliphatic carbocycles. The van der Waals surface area contributed by atoms with Gasteiger partial charge in [0, 0.05) is 17.3 Å². The van der Waals surface area contributed by atoms with Gasteiger partial charge in [0.05, 0.1) is 4.90 Å². The zero-order chi connectivity index (χ0) is 16.4. The number of hydrogen-bond donors (Lipinski definition) is 2. The molecular formula is C15H14N2O5S. The van der Waals surface area contributed by atoms with E-state index in [0.29, 0.717) is 17.2 Å². The van der Waals surface area contributed by atoms with Crippen molar-refractivity contribution < 1.29 is 22.7 Å². The molecule has 1 amide bonds. The van der Waals surface area contributed by atoms with E-state index in [1.165, 1.54) is 31.3 Å². The van der Waals surface area contributed by atoms with E-state index in [9.17, 15) is 13.2 Å². The van der Waals surface area contributed by atoms with Crippen LogP contribution < -0.4 is 19.5 Å². The molecule has 1 heterocycles. The van der Waals surface area contributed by atoms with Crippen LogP contribution >= 0.6 is 0 Å². The molecule has 3 rings (SSSR count). The zero-order valence-electron chi connectivity index (χ0n) is 12.2. The number of ether oxygens (including phenoxy) is 2. The summed E-state index contributed by atoms with van der Waals surface area (Å²) in [6.45, 7) is 0.149. The molecule has 2 aromatic carbocycles. The average Bonchev–Trinajstić information content (AvgIpc) is 3.02. The summed E-state index contributed by atoms with van der Waals surface area (Å²) in [4.78, 5) is 12.3. The lowest BCUT2D eigenvalue weighted by Gasteiger charge is -2.08. The lowest BCUT2D eigenvalue weighted by Crippen LogP contribution is -2.19. The number of hydrogen-bond acceptors (Lipinski definition) is 5. The van der Waals surface area contributed by atoms with Crippen LogP contribution in [0.5, 0.6) is 11.5 Å². The number of anilines is 1. The van der Waals surface area contributed by atoms with E-state index in [1.54, 1.807) is 18.2 Å². The summed E-state index contributed by atoms with van der Waals surface area (Å²) < 4.78 is 36.2. The van der Waals surface area contributed by atoms with Crippen LogP contribution in [-0.4, -0.2) is 28.2 Å². The fourth-order valence-electron chi connectivity index (χ4n) is 2.10. The van der Waals surface area contributed by atoms with Gasteiger partial charge in [0.25, 0.3) is 5.91 Å². The highest BCUT2D eigenvalue weighted by Crippen LogP contribution is 2.34. The number of amides is 1. The highest BCUT2D eigenvalue weighted by molar-refractivity contribution is 7.89. The van der Waals surface area contributed by atoms with Gasteiger partial charge in [-0.25, -0.2) is 13.1 Å². The van der Waals surface area contributed by atoms with Gasteiger partial charge in [-0.1, -0.05) is 6.07 Å². The van der Waals surface area contributed by atoms with Crippen LogP contribution in [0, 0.1) is 0 Å². The first-order chi connectivity index (χ1) is 11.0. The molecule has 0 atom stereocenters. The Morgan fingerprint density at radius 2 is 1.87 bits per heavy atom. The van der Waals surface area contributed by atoms with Crippen molar-refractivity contribution in [3.8, 4) is 11.5 Å². The van der Waals surface area contributed by atoms with Gasteiger partial charge in [0.15, 0.2) is 11.5 Å². The van der Waals surface area contributed by atoms with Crippen LogP contribution in [0.2, 0.25) is 0 Å². The third-order valence-electron chi connectivity index (χ3n) is 3.31. The number of nitrogens with one attached hydrogen (secondary N) is 2. The lowest BCUT2D eigenvalue weighted by atomic mass is 10.2. The zero-order valence-corrected chi connectivity index (χ0v) is 13.0. The lowest BCUT2D eigenvalue weighted by molar-refractivity contribution is 0.102. The second-order valence-corrected chi connectivity index (χ2v) is 6.64. The molecule has 120 valence electrons. The summed E-state index contributed by atoms with van der Waals surface area (Å²) in [5.74, 6) is 0.747. The van der Waals surface area contributed by atoms with Crippen molar-refractivity contribution in [2.24, 2.45) is 0 Å². The minimum absolute atomic E-state index is 0.0262. The number of benzene rings is 2. The van der Waals surface area contributed by atoms with Crippen LogP contribution in [0.4, 0.5) is 5.69 Å². The maximum Gasteiger partial charge on any atom is 0.255 e. The third-order valence-corrected chi connectivity index (χ3v) is 4.72. The second-order valence-electron chi connectivity index (χ2n) is 4.76. The van der Waals surface area contributed by atoms with Crippen molar-refractivity contribution in [2.75, 3.05) is 19.2 Å². The quantitative estimate of drug-likeness (QED) is 0.885. The summed E-state index contributed by atoms with van der Waals surface area (Å²) in [7, 11) is -2.29. The standard InChI is InChI=1S/C15H14N2O5S/c1-16-23(19,20)12-4-2-3-10(7-12)15(18)17-11-5-6-13-14(8-11)22-9-21-13/h2-8,16H,9H2,1H3,(H,17,18). The second kappa shape index (κ2) is 5.90. The topological polar surface area (TPSA) is 93.7 Å². The van der Waals surface area contributed by atoms with Crippen molar-refractivity contribution in [3.05, 3.63) is 48.0 Å². The number of sulfonamides is 1. The van der Waals surface area contributed by atoms with Crippen molar-refractivity contribution in [1.82, 2.24) is 4.72 Å². The number of carbonyl (C=O) groups excluding carboxylic acids is 1. The number of fused-ring (bicyclic) bond motifs is 1. The van der Waals surface area contributed by atoms with E-state index >= 15 is 0 Å². The number of carbonyl (C=O) groups is 1. The van der Waals surface area contributed by atoms with Gasteiger partial charge < -0.3 is 14.8 Å². The van der Waals surface area contributed by atoms with Crippen LogP contribution in [0.3, 0.4) is 0 Å². The smallest absolute Gasteiger partial charge is 0.255 e. The van der Waals surface area contributed by atoms with Gasteiger partial charge in [0.1, 0.15) is 0 Å². The molecule has 0 saturated carbocycles. The Labute approximate surface area is 133 Å². The summed E-state index contributed by atoms with van der Waals surface area (Å²) in [6.07, 6.45) is 0. The van der Waals surface area contributed by atoms with Gasteiger partial charge in [-0.3, -0.25) is 4.79 Å². The Balaban J connectivity index is 1.82. The Bertz CT molecular complexity index is 864. The highest BCUT2D eigenvalue weighted by atomic mass is 32.2. The van der Waals surface area contributed by atoms with E-state index in [1.807, 2.05) is 0 Å². The summed E-state index contributed by atoms with van der Waals surface area (Å²) in [5.41, 5.74) is 0.764. The Morgan fingerprint density at radius 1 is 1.09 bits per heavy atom. The normalized spacial score (nSPS) is 12.9. The van der Waals surface area contributed by atoms with Crippen LogP contribution in [-0.2, 0) is 10.0 Å². The molecule has 0 unspecified atom stereocenters. The largest absolute Gasteiger partial charge is 0.454 e. The van der Waals surface area contributed by atoms with Gasteiger partial charge in [-0.2, -0.15) is 0 Å². The predicted molar refractivity (Wildman–Crippen MR) is 83.2 cm³/mol. The van der Waals surface area contributed by atoms with Crippen LogP contribution in [0.1, 0.15) is 10.4 Å². The Morgan fingerprint density at radius 3 is 2.65 bits per heavy atom. The van der Waals surface area contributed by atoms with Gasteiger partial charge in [-0.15, -0.1) is 0 Å². The maximum atomic E-state index is 12.3. The van der Waals surface area contributed by atoms with Gasteiger partial charge in [-0.05, 0) is 37.4 Å². The van der Waals surface area contributed by atoms with E-state index in [4.69, 9.17) is 9.47 Å². The molecule has 0 fully saturated rings. The molecule has 0 spiro atoms. The summed E-state index contributed by atoms with van der Waals surface area (Å²) in [5, 5.41) is 2.69. The van der Waals surface area contributed by atoms with Crippen LogP contribution in [0.25, 0.3) is 0 Å². The average molecular weight is 334 g/mol. The Kier molecular flexibility index (Phi) is 3.93. The first kappa shape index (κ1) is 15.3. The van der Waals surface area contributed by atoms with E-state index in [-0.39, 0.29) is 17.3 Å². The van der Waals surface area contributed by atoms with Crippen molar-refractivity contribution in [2.45, 2.75) is 4.90 Å². The van der Waals surface area contributed by atoms with E-state index < -0.39 is 15.9 Å². The monoisotopic (exact) mass is 334 g/mol. The molecule has 2 aromatic rings. The number of rotatable bonds is 4. The minimum atomic E-state index is -3.60. The maximum absolute atomic E-state index is 12.3. The Hall–Kier alpha value is -2.58.